The number of likely N-dealkylation sites (tertiary alicyclic amines) is 2. The number of benzene rings is 1. The molecule has 3 heterocycles. The molecule has 0 radical (unpaired) electrons. The molecule has 4 rings (SSSR count). The molecule has 0 bridgehead atoms. The molecule has 3 heteroatoms. The maximum atomic E-state index is 5.54. The van der Waals surface area contributed by atoms with Crippen molar-refractivity contribution in [2.75, 3.05) is 32.7 Å². The van der Waals surface area contributed by atoms with Gasteiger partial charge in [0.15, 0.2) is 0 Å². The molecule has 25 heavy (non-hydrogen) atoms. The molecule has 3 nitrogen and oxygen atoms in total. The number of rotatable bonds is 6. The van der Waals surface area contributed by atoms with Gasteiger partial charge in [0.2, 0.25) is 0 Å². The van der Waals surface area contributed by atoms with Gasteiger partial charge in [0.1, 0.15) is 5.76 Å². The highest BCUT2D eigenvalue weighted by Crippen LogP contribution is 2.39. The topological polar surface area (TPSA) is 19.6 Å². The third-order valence-electron chi connectivity index (χ3n) is 6.00. The number of aryl methyl sites for hydroxylation is 1. The third-order valence-corrected chi connectivity index (χ3v) is 6.00. The van der Waals surface area contributed by atoms with Crippen LogP contribution in [0.4, 0.5) is 0 Å². The van der Waals surface area contributed by atoms with Crippen molar-refractivity contribution in [1.29, 1.82) is 0 Å². The van der Waals surface area contributed by atoms with E-state index >= 15 is 0 Å². The lowest BCUT2D eigenvalue weighted by Gasteiger charge is -2.40. The van der Waals surface area contributed by atoms with Crippen LogP contribution >= 0.6 is 0 Å². The first-order valence-electron chi connectivity index (χ1n) is 9.82. The van der Waals surface area contributed by atoms with Gasteiger partial charge in [0.25, 0.3) is 0 Å². The maximum Gasteiger partial charge on any atom is 0.117 e. The molecule has 1 atom stereocenters. The highest BCUT2D eigenvalue weighted by Gasteiger charge is 2.41. The molecule has 2 saturated heterocycles. The van der Waals surface area contributed by atoms with Crippen LogP contribution in [0.2, 0.25) is 0 Å². The molecule has 0 saturated carbocycles. The summed E-state index contributed by atoms with van der Waals surface area (Å²) in [6.45, 7) is 7.25. The molecule has 0 N–H and O–H groups in total. The molecule has 2 aromatic rings. The predicted octanol–water partition coefficient (Wildman–Crippen LogP) is 4.20. The van der Waals surface area contributed by atoms with Crippen LogP contribution in [-0.2, 0) is 13.0 Å². The second-order valence-corrected chi connectivity index (χ2v) is 8.01. The van der Waals surface area contributed by atoms with E-state index in [-0.39, 0.29) is 0 Å². The number of piperidine rings is 1. The molecule has 2 aliphatic heterocycles. The fraction of sp³-hybridized carbons (Fsp3) is 0.545. The first-order chi connectivity index (χ1) is 12.3. The number of hydrogen-bond acceptors (Lipinski definition) is 3. The Morgan fingerprint density at radius 1 is 0.920 bits per heavy atom. The second kappa shape index (κ2) is 7.76. The van der Waals surface area contributed by atoms with E-state index in [1.807, 2.05) is 6.07 Å². The van der Waals surface area contributed by atoms with Crippen molar-refractivity contribution in [2.45, 2.75) is 38.6 Å². The zero-order valence-corrected chi connectivity index (χ0v) is 15.2. The summed E-state index contributed by atoms with van der Waals surface area (Å²) in [5, 5.41) is 0. The highest BCUT2D eigenvalue weighted by molar-refractivity contribution is 5.14. The molecule has 1 aromatic heterocycles. The molecule has 1 spiro atoms. The third kappa shape index (κ3) is 4.34. The summed E-state index contributed by atoms with van der Waals surface area (Å²) in [6.07, 6.45) is 8.38. The van der Waals surface area contributed by atoms with Crippen LogP contribution in [0.15, 0.2) is 53.1 Å². The normalized spacial score (nSPS) is 25.0. The quantitative estimate of drug-likeness (QED) is 0.787. The lowest BCUT2D eigenvalue weighted by atomic mass is 9.79. The zero-order chi connectivity index (χ0) is 17.0. The standard InChI is InChI=1S/C22H30N2O/c1-2-7-20(8-3-1)9-4-13-23-14-6-11-22(18-23)12-15-24(19-22)17-21-10-5-16-25-21/h1-3,5,7-8,10,16H,4,6,9,11-15,17-19H2/t22-/m0/s1. The maximum absolute atomic E-state index is 5.54. The van der Waals surface area contributed by atoms with Crippen molar-refractivity contribution in [1.82, 2.24) is 9.80 Å². The van der Waals surface area contributed by atoms with Crippen LogP contribution in [0.3, 0.4) is 0 Å². The fourth-order valence-corrected chi connectivity index (χ4v) is 4.77. The summed E-state index contributed by atoms with van der Waals surface area (Å²) in [4.78, 5) is 5.31. The Morgan fingerprint density at radius 2 is 1.80 bits per heavy atom. The van der Waals surface area contributed by atoms with Gasteiger partial charge in [-0.1, -0.05) is 30.3 Å². The van der Waals surface area contributed by atoms with Gasteiger partial charge in [0.05, 0.1) is 12.8 Å². The zero-order valence-electron chi connectivity index (χ0n) is 15.2. The van der Waals surface area contributed by atoms with E-state index in [0.717, 1.165) is 12.3 Å². The molecule has 2 aliphatic rings. The Labute approximate surface area is 151 Å². The van der Waals surface area contributed by atoms with E-state index in [0.29, 0.717) is 5.41 Å². The van der Waals surface area contributed by atoms with Crippen LogP contribution in [0.25, 0.3) is 0 Å². The first kappa shape index (κ1) is 16.9. The summed E-state index contributed by atoms with van der Waals surface area (Å²) < 4.78 is 5.54. The summed E-state index contributed by atoms with van der Waals surface area (Å²) >= 11 is 0. The van der Waals surface area contributed by atoms with Gasteiger partial charge in [-0.2, -0.15) is 0 Å². The smallest absolute Gasteiger partial charge is 0.117 e. The summed E-state index contributed by atoms with van der Waals surface area (Å²) in [5.74, 6) is 1.10. The van der Waals surface area contributed by atoms with Gasteiger partial charge in [-0.3, -0.25) is 4.90 Å². The van der Waals surface area contributed by atoms with Gasteiger partial charge in [-0.25, -0.2) is 0 Å². The molecular formula is C22H30N2O. The largest absolute Gasteiger partial charge is 0.468 e. The van der Waals surface area contributed by atoms with Crippen LogP contribution in [0, 0.1) is 5.41 Å². The van der Waals surface area contributed by atoms with Crippen molar-refractivity contribution in [2.24, 2.45) is 5.41 Å². The molecular weight excluding hydrogens is 308 g/mol. The van der Waals surface area contributed by atoms with Gasteiger partial charge >= 0.3 is 0 Å². The van der Waals surface area contributed by atoms with Crippen molar-refractivity contribution >= 4 is 0 Å². The summed E-state index contributed by atoms with van der Waals surface area (Å²) in [7, 11) is 0. The average molecular weight is 338 g/mol. The Bertz CT molecular complexity index is 639. The Balaban J connectivity index is 1.26. The Hall–Kier alpha value is -1.58. The van der Waals surface area contributed by atoms with Gasteiger partial charge < -0.3 is 9.32 Å². The number of nitrogens with zero attached hydrogens (tertiary/aromatic N) is 2. The van der Waals surface area contributed by atoms with E-state index in [1.165, 1.54) is 70.4 Å². The molecule has 0 amide bonds. The molecule has 2 fully saturated rings. The van der Waals surface area contributed by atoms with Gasteiger partial charge in [-0.05, 0) is 74.8 Å². The van der Waals surface area contributed by atoms with Crippen LogP contribution in [-0.4, -0.2) is 42.5 Å². The Kier molecular flexibility index (Phi) is 5.23. The van der Waals surface area contributed by atoms with Gasteiger partial charge in [0, 0.05) is 13.1 Å². The monoisotopic (exact) mass is 338 g/mol. The lowest BCUT2D eigenvalue weighted by Crippen LogP contribution is -2.45. The number of hydrogen-bond donors (Lipinski definition) is 0. The van der Waals surface area contributed by atoms with E-state index in [1.54, 1.807) is 6.26 Å². The second-order valence-electron chi connectivity index (χ2n) is 8.01. The minimum Gasteiger partial charge on any atom is -0.468 e. The molecule has 1 aromatic carbocycles. The fourth-order valence-electron chi connectivity index (χ4n) is 4.77. The summed E-state index contributed by atoms with van der Waals surface area (Å²) in [6, 6.07) is 15.0. The van der Waals surface area contributed by atoms with E-state index < -0.39 is 0 Å². The minimum atomic E-state index is 0.525. The van der Waals surface area contributed by atoms with Crippen molar-refractivity contribution < 1.29 is 4.42 Å². The van der Waals surface area contributed by atoms with Gasteiger partial charge in [-0.15, -0.1) is 0 Å². The average Bonchev–Trinajstić information content (AvgIpc) is 3.27. The summed E-state index contributed by atoms with van der Waals surface area (Å²) in [5.41, 5.74) is 2.00. The highest BCUT2D eigenvalue weighted by atomic mass is 16.3. The van der Waals surface area contributed by atoms with Crippen molar-refractivity contribution in [3.05, 3.63) is 60.1 Å². The molecule has 0 unspecified atom stereocenters. The minimum absolute atomic E-state index is 0.525. The predicted molar refractivity (Wildman–Crippen MR) is 101 cm³/mol. The first-order valence-corrected chi connectivity index (χ1v) is 9.82. The van der Waals surface area contributed by atoms with Crippen LogP contribution < -0.4 is 0 Å². The Morgan fingerprint density at radius 3 is 2.64 bits per heavy atom. The lowest BCUT2D eigenvalue weighted by molar-refractivity contribution is 0.0902. The van der Waals surface area contributed by atoms with Crippen molar-refractivity contribution in [3.8, 4) is 0 Å². The number of furan rings is 1. The molecule has 134 valence electrons. The van der Waals surface area contributed by atoms with E-state index in [2.05, 4.69) is 46.2 Å². The van der Waals surface area contributed by atoms with Crippen molar-refractivity contribution in [3.63, 3.8) is 0 Å². The SMILES string of the molecule is c1ccc(CCCN2CCC[C@]3(CCN(Cc4ccco4)C3)C2)cc1. The van der Waals surface area contributed by atoms with Crippen LogP contribution in [0.5, 0.6) is 0 Å². The molecule has 0 aliphatic carbocycles. The van der Waals surface area contributed by atoms with E-state index in [9.17, 15) is 0 Å². The van der Waals surface area contributed by atoms with E-state index in [4.69, 9.17) is 4.42 Å². The van der Waals surface area contributed by atoms with Crippen LogP contribution in [0.1, 0.15) is 37.0 Å².